The molecular formula is C18H28N2O. The molecule has 2 aliphatic carbocycles. The van der Waals surface area contributed by atoms with E-state index in [-0.39, 0.29) is 0 Å². The van der Waals surface area contributed by atoms with Gasteiger partial charge in [0.05, 0.1) is 0 Å². The Kier molecular flexibility index (Phi) is 4.79. The van der Waals surface area contributed by atoms with E-state index in [4.69, 9.17) is 4.74 Å². The predicted octanol–water partition coefficient (Wildman–Crippen LogP) is 3.99. The first-order chi connectivity index (χ1) is 10.3. The molecule has 1 aromatic heterocycles. The Bertz CT molecular complexity index is 470. The van der Waals surface area contributed by atoms with Crippen LogP contribution in [0.5, 0.6) is 5.75 Å². The second kappa shape index (κ2) is 6.78. The van der Waals surface area contributed by atoms with E-state index in [1.165, 1.54) is 50.5 Å². The van der Waals surface area contributed by atoms with Gasteiger partial charge in [0.25, 0.3) is 0 Å². The average molecular weight is 288 g/mol. The largest absolute Gasteiger partial charge is 0.490 e. The van der Waals surface area contributed by atoms with Gasteiger partial charge in [-0.3, -0.25) is 4.98 Å². The van der Waals surface area contributed by atoms with Gasteiger partial charge in [0.15, 0.2) is 0 Å². The molecule has 0 bridgehead atoms. The summed E-state index contributed by atoms with van der Waals surface area (Å²) in [6.45, 7) is 5.22. The van der Waals surface area contributed by atoms with Gasteiger partial charge in [-0.1, -0.05) is 13.3 Å². The molecule has 2 fully saturated rings. The summed E-state index contributed by atoms with van der Waals surface area (Å²) in [5.74, 6) is 1.78. The zero-order valence-electron chi connectivity index (χ0n) is 13.4. The molecule has 1 aromatic rings. The van der Waals surface area contributed by atoms with E-state index in [0.717, 1.165) is 29.9 Å². The van der Waals surface area contributed by atoms with Gasteiger partial charge in [0.1, 0.15) is 11.9 Å². The van der Waals surface area contributed by atoms with Crippen LogP contribution in [0.2, 0.25) is 0 Å². The number of aryl methyl sites for hydroxylation is 1. The quantitative estimate of drug-likeness (QED) is 0.859. The van der Waals surface area contributed by atoms with Crippen molar-refractivity contribution >= 4 is 0 Å². The molecule has 1 N–H and O–H groups in total. The summed E-state index contributed by atoms with van der Waals surface area (Å²) >= 11 is 0. The number of pyridine rings is 1. The van der Waals surface area contributed by atoms with E-state index in [2.05, 4.69) is 23.3 Å². The summed E-state index contributed by atoms with van der Waals surface area (Å²) in [7, 11) is 0. The zero-order valence-corrected chi connectivity index (χ0v) is 13.4. The van der Waals surface area contributed by atoms with Crippen molar-refractivity contribution in [2.75, 3.05) is 0 Å². The molecule has 2 saturated carbocycles. The first-order valence-corrected chi connectivity index (χ1v) is 8.62. The van der Waals surface area contributed by atoms with Crippen LogP contribution in [0.25, 0.3) is 0 Å². The van der Waals surface area contributed by atoms with Gasteiger partial charge < -0.3 is 10.1 Å². The van der Waals surface area contributed by atoms with E-state index < -0.39 is 0 Å². The summed E-state index contributed by atoms with van der Waals surface area (Å²) in [5, 5.41) is 3.58. The van der Waals surface area contributed by atoms with Gasteiger partial charge in [-0.15, -0.1) is 0 Å². The zero-order chi connectivity index (χ0) is 14.7. The summed E-state index contributed by atoms with van der Waals surface area (Å²) in [5.41, 5.74) is 2.26. The maximum absolute atomic E-state index is 6.44. The Balaban J connectivity index is 1.70. The lowest BCUT2D eigenvalue weighted by atomic mass is 9.84. The number of nitrogens with one attached hydrogen (secondary N) is 1. The third-order valence-electron chi connectivity index (χ3n) is 4.88. The fraction of sp³-hybridized carbons (Fsp3) is 0.722. The number of nitrogens with zero attached hydrogens (tertiary/aromatic N) is 1. The van der Waals surface area contributed by atoms with Gasteiger partial charge in [0, 0.05) is 36.1 Å². The second-order valence-corrected chi connectivity index (χ2v) is 6.70. The van der Waals surface area contributed by atoms with Gasteiger partial charge in [0.2, 0.25) is 0 Å². The summed E-state index contributed by atoms with van der Waals surface area (Å²) in [6, 6.07) is 2.84. The van der Waals surface area contributed by atoms with Crippen LogP contribution in [-0.4, -0.2) is 17.1 Å². The molecule has 0 amide bonds. The molecule has 116 valence electrons. The summed E-state index contributed by atoms with van der Waals surface area (Å²) in [6.07, 6.45) is 11.4. The number of hydrogen-bond donors (Lipinski definition) is 1. The van der Waals surface area contributed by atoms with Crippen LogP contribution in [0.4, 0.5) is 0 Å². The fourth-order valence-electron chi connectivity index (χ4n) is 3.31. The van der Waals surface area contributed by atoms with E-state index in [1.807, 2.05) is 13.1 Å². The van der Waals surface area contributed by atoms with Crippen molar-refractivity contribution in [2.45, 2.75) is 77.5 Å². The molecule has 0 aliphatic heterocycles. The fourth-order valence-corrected chi connectivity index (χ4v) is 3.31. The molecule has 2 atom stereocenters. The second-order valence-electron chi connectivity index (χ2n) is 6.70. The van der Waals surface area contributed by atoms with Crippen LogP contribution in [0.1, 0.15) is 63.1 Å². The maximum atomic E-state index is 6.44. The van der Waals surface area contributed by atoms with Crippen molar-refractivity contribution in [1.29, 1.82) is 0 Å². The van der Waals surface area contributed by atoms with E-state index >= 15 is 0 Å². The normalized spacial score (nSPS) is 25.8. The van der Waals surface area contributed by atoms with Crippen molar-refractivity contribution in [3.63, 3.8) is 0 Å². The summed E-state index contributed by atoms with van der Waals surface area (Å²) < 4.78 is 6.44. The molecule has 2 unspecified atom stereocenters. The third kappa shape index (κ3) is 3.97. The lowest BCUT2D eigenvalue weighted by molar-refractivity contribution is 0.0891. The molecule has 0 saturated heterocycles. The SMILES string of the molecule is CCC1CCCCC1Oc1cc(C)ncc1CNC1CC1. The first-order valence-electron chi connectivity index (χ1n) is 8.62. The molecule has 21 heavy (non-hydrogen) atoms. The molecule has 0 spiro atoms. The molecule has 3 rings (SSSR count). The van der Waals surface area contributed by atoms with Crippen molar-refractivity contribution in [3.8, 4) is 5.75 Å². The van der Waals surface area contributed by atoms with Gasteiger partial charge in [-0.25, -0.2) is 0 Å². The predicted molar refractivity (Wildman–Crippen MR) is 85.5 cm³/mol. The molecule has 2 aliphatic rings. The van der Waals surface area contributed by atoms with Crippen LogP contribution in [0, 0.1) is 12.8 Å². The minimum absolute atomic E-state index is 0.394. The molecule has 1 heterocycles. The van der Waals surface area contributed by atoms with Gasteiger partial charge in [-0.2, -0.15) is 0 Å². The topological polar surface area (TPSA) is 34.1 Å². The molecule has 3 heteroatoms. The Hall–Kier alpha value is -1.09. The number of aromatic nitrogens is 1. The standard InChI is InChI=1S/C18H28N2O/c1-3-14-6-4-5-7-17(14)21-18-10-13(2)19-11-15(18)12-20-16-8-9-16/h10-11,14,16-17,20H,3-9,12H2,1-2H3. The van der Waals surface area contributed by atoms with E-state index in [1.54, 1.807) is 0 Å². The van der Waals surface area contributed by atoms with E-state index in [0.29, 0.717) is 6.10 Å². The highest BCUT2D eigenvalue weighted by atomic mass is 16.5. The van der Waals surface area contributed by atoms with Crippen molar-refractivity contribution in [2.24, 2.45) is 5.92 Å². The number of rotatable bonds is 6. The Morgan fingerprint density at radius 3 is 2.81 bits per heavy atom. The monoisotopic (exact) mass is 288 g/mol. The molecule has 3 nitrogen and oxygen atoms in total. The van der Waals surface area contributed by atoms with Crippen LogP contribution in [-0.2, 0) is 6.54 Å². The van der Waals surface area contributed by atoms with Crippen LogP contribution in [0.15, 0.2) is 12.3 Å². The highest BCUT2D eigenvalue weighted by Crippen LogP contribution is 2.32. The molecule has 0 radical (unpaired) electrons. The Morgan fingerprint density at radius 1 is 1.24 bits per heavy atom. The highest BCUT2D eigenvalue weighted by Gasteiger charge is 2.26. The minimum Gasteiger partial charge on any atom is -0.490 e. The smallest absolute Gasteiger partial charge is 0.127 e. The minimum atomic E-state index is 0.394. The molecule has 0 aromatic carbocycles. The van der Waals surface area contributed by atoms with E-state index in [9.17, 15) is 0 Å². The number of hydrogen-bond acceptors (Lipinski definition) is 3. The van der Waals surface area contributed by atoms with Crippen molar-refractivity contribution in [1.82, 2.24) is 10.3 Å². The Morgan fingerprint density at radius 2 is 2.05 bits per heavy atom. The highest BCUT2D eigenvalue weighted by molar-refractivity contribution is 5.33. The maximum Gasteiger partial charge on any atom is 0.127 e. The lowest BCUT2D eigenvalue weighted by Gasteiger charge is -2.32. The van der Waals surface area contributed by atoms with Crippen LogP contribution >= 0.6 is 0 Å². The first kappa shape index (κ1) is 14.8. The van der Waals surface area contributed by atoms with Crippen LogP contribution < -0.4 is 10.1 Å². The van der Waals surface area contributed by atoms with Gasteiger partial charge in [-0.05, 0) is 51.4 Å². The van der Waals surface area contributed by atoms with Crippen LogP contribution in [0.3, 0.4) is 0 Å². The third-order valence-corrected chi connectivity index (χ3v) is 4.88. The average Bonchev–Trinajstić information content (AvgIpc) is 3.31. The van der Waals surface area contributed by atoms with Gasteiger partial charge >= 0.3 is 0 Å². The summed E-state index contributed by atoms with van der Waals surface area (Å²) in [4.78, 5) is 4.45. The lowest BCUT2D eigenvalue weighted by Crippen LogP contribution is -2.30. The van der Waals surface area contributed by atoms with Crippen molar-refractivity contribution < 1.29 is 4.74 Å². The number of ether oxygens (including phenoxy) is 1. The van der Waals surface area contributed by atoms with Crippen molar-refractivity contribution in [3.05, 3.63) is 23.5 Å². The Labute approximate surface area is 128 Å². The molecular weight excluding hydrogens is 260 g/mol.